The molecule has 0 saturated heterocycles. The first kappa shape index (κ1) is 11.7. The second-order valence-corrected chi connectivity index (χ2v) is 5.31. The third kappa shape index (κ3) is 2.03. The molecule has 1 aliphatic rings. The lowest BCUT2D eigenvalue weighted by Crippen LogP contribution is -2.25. The van der Waals surface area contributed by atoms with Crippen molar-refractivity contribution in [2.45, 2.75) is 44.9 Å². The van der Waals surface area contributed by atoms with Gasteiger partial charge in [0, 0.05) is 5.92 Å². The highest BCUT2D eigenvalue weighted by Crippen LogP contribution is 2.32. The Bertz CT molecular complexity index is 447. The van der Waals surface area contributed by atoms with Crippen molar-refractivity contribution in [3.05, 3.63) is 32.2 Å². The molecule has 88 valence electrons. The molecule has 1 aliphatic carbocycles. The van der Waals surface area contributed by atoms with E-state index in [4.69, 9.17) is 0 Å². The summed E-state index contributed by atoms with van der Waals surface area (Å²) in [5.74, 6) is 0.332. The second-order valence-electron chi connectivity index (χ2n) is 4.52. The van der Waals surface area contributed by atoms with E-state index in [0.717, 1.165) is 28.8 Å². The Kier molecular flexibility index (Phi) is 3.38. The van der Waals surface area contributed by atoms with Crippen LogP contribution >= 0.6 is 15.9 Å². The van der Waals surface area contributed by atoms with Gasteiger partial charge in [0.15, 0.2) is 0 Å². The molecule has 2 rings (SSSR count). The van der Waals surface area contributed by atoms with Gasteiger partial charge in [-0.1, -0.05) is 19.3 Å². The molecule has 3 nitrogen and oxygen atoms in total. The van der Waals surface area contributed by atoms with Crippen LogP contribution in [0.3, 0.4) is 0 Å². The normalized spacial score (nSPS) is 17.6. The first-order valence-corrected chi connectivity index (χ1v) is 6.52. The fraction of sp³-hybridized carbons (Fsp3) is 0.583. The van der Waals surface area contributed by atoms with Gasteiger partial charge in [-0.2, -0.15) is 4.73 Å². The zero-order valence-electron chi connectivity index (χ0n) is 9.37. The number of pyridine rings is 1. The lowest BCUT2D eigenvalue weighted by molar-refractivity contribution is 0.156. The zero-order valence-corrected chi connectivity index (χ0v) is 11.0. The summed E-state index contributed by atoms with van der Waals surface area (Å²) in [7, 11) is 0. The van der Waals surface area contributed by atoms with Crippen LogP contribution in [0.4, 0.5) is 0 Å². The largest absolute Gasteiger partial charge is 0.425 e. The van der Waals surface area contributed by atoms with Crippen molar-refractivity contribution >= 4 is 15.9 Å². The maximum atomic E-state index is 11.7. The number of halogens is 1. The van der Waals surface area contributed by atoms with Crippen LogP contribution in [0.25, 0.3) is 0 Å². The summed E-state index contributed by atoms with van der Waals surface area (Å²) in [6.07, 6.45) is 5.78. The Morgan fingerprint density at radius 2 is 2.00 bits per heavy atom. The SMILES string of the molecule is Cc1cc(C2CCCCC2)n(O)c(=O)c1Br. The Hall–Kier alpha value is -0.770. The van der Waals surface area contributed by atoms with Crippen molar-refractivity contribution in [3.63, 3.8) is 0 Å². The highest BCUT2D eigenvalue weighted by atomic mass is 79.9. The molecule has 1 aromatic rings. The zero-order chi connectivity index (χ0) is 11.7. The van der Waals surface area contributed by atoms with E-state index in [9.17, 15) is 10.0 Å². The van der Waals surface area contributed by atoms with Crippen LogP contribution in [-0.2, 0) is 0 Å². The molecule has 16 heavy (non-hydrogen) atoms. The molecule has 0 bridgehead atoms. The van der Waals surface area contributed by atoms with Gasteiger partial charge in [0.05, 0.1) is 10.2 Å². The maximum absolute atomic E-state index is 11.7. The van der Waals surface area contributed by atoms with Crippen LogP contribution in [0.15, 0.2) is 15.3 Å². The molecular weight excluding hydrogens is 270 g/mol. The van der Waals surface area contributed by atoms with Gasteiger partial charge >= 0.3 is 0 Å². The van der Waals surface area contributed by atoms with Crippen molar-refractivity contribution in [3.8, 4) is 0 Å². The van der Waals surface area contributed by atoms with Gasteiger partial charge in [-0.15, -0.1) is 0 Å². The standard InChI is InChI=1S/C12H16BrNO2/c1-8-7-10(9-5-3-2-4-6-9)14(16)12(15)11(8)13/h7,9,16H,2-6H2,1H3. The third-order valence-electron chi connectivity index (χ3n) is 3.36. The summed E-state index contributed by atoms with van der Waals surface area (Å²) in [4.78, 5) is 11.7. The molecule has 0 aliphatic heterocycles. The van der Waals surface area contributed by atoms with Crippen molar-refractivity contribution < 1.29 is 5.21 Å². The molecule has 1 aromatic heterocycles. The summed E-state index contributed by atoms with van der Waals surface area (Å²) in [6, 6.07) is 1.92. The Morgan fingerprint density at radius 1 is 1.38 bits per heavy atom. The lowest BCUT2D eigenvalue weighted by atomic mass is 9.86. The second kappa shape index (κ2) is 4.62. The van der Waals surface area contributed by atoms with Crippen molar-refractivity contribution in [2.75, 3.05) is 0 Å². The molecule has 1 saturated carbocycles. The van der Waals surface area contributed by atoms with Gasteiger partial charge in [-0.3, -0.25) is 4.79 Å². The van der Waals surface area contributed by atoms with E-state index in [1.54, 1.807) is 0 Å². The van der Waals surface area contributed by atoms with E-state index in [-0.39, 0.29) is 5.56 Å². The highest BCUT2D eigenvalue weighted by molar-refractivity contribution is 9.10. The summed E-state index contributed by atoms with van der Waals surface area (Å²) < 4.78 is 1.27. The van der Waals surface area contributed by atoms with Crippen LogP contribution in [0.1, 0.15) is 49.3 Å². The molecule has 1 N–H and O–H groups in total. The van der Waals surface area contributed by atoms with E-state index in [1.807, 2.05) is 13.0 Å². The minimum atomic E-state index is -0.347. The molecule has 0 radical (unpaired) electrons. The molecular formula is C12H16BrNO2. The molecule has 0 amide bonds. The van der Waals surface area contributed by atoms with Gasteiger partial charge in [0.1, 0.15) is 0 Å². The Morgan fingerprint density at radius 3 is 2.62 bits per heavy atom. The van der Waals surface area contributed by atoms with E-state index >= 15 is 0 Å². The monoisotopic (exact) mass is 285 g/mol. The Balaban J connectivity index is 2.44. The molecule has 0 unspecified atom stereocenters. The van der Waals surface area contributed by atoms with Crippen molar-refractivity contribution in [2.24, 2.45) is 0 Å². The maximum Gasteiger partial charge on any atom is 0.297 e. The number of nitrogens with zero attached hydrogens (tertiary/aromatic N) is 1. The minimum absolute atomic E-state index is 0.332. The van der Waals surface area contributed by atoms with Crippen LogP contribution in [0.5, 0.6) is 0 Å². The average molecular weight is 286 g/mol. The quantitative estimate of drug-likeness (QED) is 0.805. The smallest absolute Gasteiger partial charge is 0.297 e. The van der Waals surface area contributed by atoms with Crippen LogP contribution in [0, 0.1) is 6.92 Å². The van der Waals surface area contributed by atoms with E-state index in [2.05, 4.69) is 15.9 Å². The van der Waals surface area contributed by atoms with Gasteiger partial charge in [-0.05, 0) is 47.3 Å². The number of hydrogen-bond donors (Lipinski definition) is 1. The summed E-state index contributed by atoms with van der Waals surface area (Å²) in [5.41, 5.74) is 1.32. The predicted octanol–water partition coefficient (Wildman–Crippen LogP) is 3.20. The van der Waals surface area contributed by atoms with Gasteiger partial charge in [0.2, 0.25) is 0 Å². The van der Waals surface area contributed by atoms with E-state index in [0.29, 0.717) is 10.4 Å². The number of hydrogen-bond acceptors (Lipinski definition) is 2. The van der Waals surface area contributed by atoms with Crippen molar-refractivity contribution in [1.82, 2.24) is 4.73 Å². The molecule has 0 aromatic carbocycles. The van der Waals surface area contributed by atoms with Crippen LogP contribution < -0.4 is 5.56 Å². The van der Waals surface area contributed by atoms with Gasteiger partial charge < -0.3 is 5.21 Å². The van der Waals surface area contributed by atoms with Crippen LogP contribution in [0.2, 0.25) is 0 Å². The van der Waals surface area contributed by atoms with Gasteiger partial charge in [0.25, 0.3) is 5.56 Å². The average Bonchev–Trinajstić information content (AvgIpc) is 2.32. The number of rotatable bonds is 1. The first-order chi connectivity index (χ1) is 7.61. The molecule has 1 heterocycles. The fourth-order valence-corrected chi connectivity index (χ4v) is 2.70. The molecule has 1 fully saturated rings. The number of aryl methyl sites for hydroxylation is 1. The van der Waals surface area contributed by atoms with Crippen molar-refractivity contribution in [1.29, 1.82) is 0 Å². The minimum Gasteiger partial charge on any atom is -0.425 e. The van der Waals surface area contributed by atoms with E-state index in [1.165, 1.54) is 19.3 Å². The highest BCUT2D eigenvalue weighted by Gasteiger charge is 2.21. The Labute approximate surface area is 103 Å². The molecule has 4 heteroatoms. The topological polar surface area (TPSA) is 42.2 Å². The summed E-state index contributed by atoms with van der Waals surface area (Å²) in [5, 5.41) is 9.83. The van der Waals surface area contributed by atoms with Crippen LogP contribution in [-0.4, -0.2) is 9.94 Å². The summed E-state index contributed by atoms with van der Waals surface area (Å²) in [6.45, 7) is 1.89. The predicted molar refractivity (Wildman–Crippen MR) is 66.1 cm³/mol. The third-order valence-corrected chi connectivity index (χ3v) is 4.32. The first-order valence-electron chi connectivity index (χ1n) is 5.72. The number of aromatic nitrogens is 1. The summed E-state index contributed by atoms with van der Waals surface area (Å²) >= 11 is 3.19. The fourth-order valence-electron chi connectivity index (χ4n) is 2.41. The van der Waals surface area contributed by atoms with E-state index < -0.39 is 0 Å². The molecule has 0 atom stereocenters. The molecule has 0 spiro atoms. The lowest BCUT2D eigenvalue weighted by Gasteiger charge is -2.23. The van der Waals surface area contributed by atoms with Gasteiger partial charge in [-0.25, -0.2) is 0 Å².